The first-order valence-corrected chi connectivity index (χ1v) is 17.9. The number of aryl methyl sites for hydroxylation is 1. The number of non-ortho nitro benzene ring substituents is 1. The number of benzene rings is 3. The van der Waals surface area contributed by atoms with E-state index in [2.05, 4.69) is 4.58 Å². The van der Waals surface area contributed by atoms with Crippen molar-refractivity contribution in [1.29, 1.82) is 0 Å². The van der Waals surface area contributed by atoms with Crippen LogP contribution in [0.2, 0.25) is 0 Å². The summed E-state index contributed by atoms with van der Waals surface area (Å²) in [5, 5.41) is 22.9. The van der Waals surface area contributed by atoms with Crippen LogP contribution < -0.4 is 5.06 Å². The molecule has 0 amide bonds. The van der Waals surface area contributed by atoms with Gasteiger partial charge in [-0.2, -0.15) is 21.4 Å². The third kappa shape index (κ3) is 6.62. The van der Waals surface area contributed by atoms with Gasteiger partial charge in [-0.25, -0.2) is 5.06 Å². The van der Waals surface area contributed by atoms with E-state index in [0.717, 1.165) is 27.6 Å². The number of nitro benzene ring substituents is 1. The molecule has 0 atom stereocenters. The third-order valence-electron chi connectivity index (χ3n) is 8.92. The van der Waals surface area contributed by atoms with E-state index in [1.165, 1.54) is 42.5 Å². The van der Waals surface area contributed by atoms with Gasteiger partial charge >= 0.3 is 0 Å². The van der Waals surface area contributed by atoms with Gasteiger partial charge in [0, 0.05) is 41.7 Å². The lowest BCUT2D eigenvalue weighted by atomic mass is 9.81. The number of hydrogen-bond acceptors (Lipinski definition) is 8. The fourth-order valence-electron chi connectivity index (χ4n) is 6.31. The van der Waals surface area contributed by atoms with Crippen molar-refractivity contribution in [3.05, 3.63) is 124 Å². The summed E-state index contributed by atoms with van der Waals surface area (Å²) in [7, 11) is -8.85. The molecule has 3 aromatic rings. The summed E-state index contributed by atoms with van der Waals surface area (Å²) in [5.41, 5.74) is 3.36. The van der Waals surface area contributed by atoms with Crippen molar-refractivity contribution in [2.75, 3.05) is 11.6 Å². The molecule has 0 unspecified atom stereocenters. The highest BCUT2D eigenvalue weighted by molar-refractivity contribution is 7.86. The number of nitrogens with zero attached hydrogens (tertiary/aromatic N) is 3. The van der Waals surface area contributed by atoms with E-state index in [0.29, 0.717) is 36.3 Å². The maximum absolute atomic E-state index is 12.0. The minimum atomic E-state index is -4.43. The van der Waals surface area contributed by atoms with Crippen molar-refractivity contribution in [2.24, 2.45) is 0 Å². The fourth-order valence-corrected chi connectivity index (χ4v) is 7.33. The Morgan fingerprint density at radius 2 is 1.44 bits per heavy atom. The average Bonchev–Trinajstić information content (AvgIpc) is 3.33. The Balaban J connectivity index is 1.43. The second-order valence-electron chi connectivity index (χ2n) is 12.7. The van der Waals surface area contributed by atoms with Crippen LogP contribution in [0.4, 0.5) is 17.1 Å². The monoisotopic (exact) mass is 694 g/mol. The predicted molar refractivity (Wildman–Crippen MR) is 180 cm³/mol. The lowest BCUT2D eigenvalue weighted by Crippen LogP contribution is -2.28. The van der Waals surface area contributed by atoms with Crippen LogP contribution in [0.15, 0.2) is 107 Å². The van der Waals surface area contributed by atoms with Gasteiger partial charge in [0.05, 0.1) is 31.5 Å². The Hall–Kier alpha value is -4.47. The van der Waals surface area contributed by atoms with Gasteiger partial charge in [-0.1, -0.05) is 44.2 Å². The van der Waals surface area contributed by atoms with Gasteiger partial charge in [0.1, 0.15) is 6.54 Å². The van der Waals surface area contributed by atoms with E-state index in [1.54, 1.807) is 36.4 Å². The van der Waals surface area contributed by atoms with Gasteiger partial charge < -0.3 is 0 Å². The number of allylic oxidation sites excluding steroid dienone is 6. The van der Waals surface area contributed by atoms with Crippen molar-refractivity contribution in [3.63, 3.8) is 0 Å². The van der Waals surface area contributed by atoms with Gasteiger partial charge in [0.15, 0.2) is 5.71 Å². The van der Waals surface area contributed by atoms with Gasteiger partial charge in [-0.15, -0.1) is 0 Å². The molecule has 12 nitrogen and oxygen atoms in total. The van der Waals surface area contributed by atoms with Crippen LogP contribution in [0.1, 0.15) is 50.8 Å². The molecule has 3 N–H and O–H groups in total. The highest BCUT2D eigenvalue weighted by Crippen LogP contribution is 2.47. The summed E-state index contributed by atoms with van der Waals surface area (Å²) in [4.78, 5) is 10.1. The molecule has 0 saturated heterocycles. The third-order valence-corrected chi connectivity index (χ3v) is 10.6. The standard InChI is InChI=1S/C34H35N3O9S2/c1-33(2)27-21-25(47(41,42)43)16-18-29(27)35(20-8-9-23-12-14-24(15-13-23)37(39)40)31(33)10-6-5-7-11-32-34(3,4)28-22-26(48(44,45)46)17-19-30(28)36(32)38/h5-7,10-19,21-22H,8-9,20H2,1-4H3,(H2-,38,41,42,43,44,45,46)/p+1. The topological polar surface area (TPSA) is 178 Å². The lowest BCUT2D eigenvalue weighted by molar-refractivity contribution is -0.438. The molecule has 5 rings (SSSR count). The van der Waals surface area contributed by atoms with Gasteiger partial charge in [0.2, 0.25) is 5.69 Å². The van der Waals surface area contributed by atoms with Crippen molar-refractivity contribution in [2.45, 2.75) is 61.2 Å². The molecule has 0 aromatic heterocycles. The minimum absolute atomic E-state index is 0.0204. The predicted octanol–water partition coefficient (Wildman–Crippen LogP) is 6.28. The van der Waals surface area contributed by atoms with E-state index in [9.17, 15) is 41.3 Å². The average molecular weight is 695 g/mol. The molecule has 0 spiro atoms. The Kier molecular flexibility index (Phi) is 9.09. The molecule has 2 heterocycles. The quantitative estimate of drug-likeness (QED) is 0.0719. The van der Waals surface area contributed by atoms with Crippen LogP contribution in [-0.4, -0.2) is 52.9 Å². The SMILES string of the molecule is CC1(C)C(/C=C/C=C/C=C2/N(O)c3ccc(S(=O)(=O)O)cc3C2(C)C)=[N+](CCCc2ccc([N+](=O)[O-])cc2)c2ccc(S(=O)(=O)O)cc21. The van der Waals surface area contributed by atoms with E-state index >= 15 is 0 Å². The summed E-state index contributed by atoms with van der Waals surface area (Å²) < 4.78 is 68.6. The summed E-state index contributed by atoms with van der Waals surface area (Å²) in [6, 6.07) is 14.9. The molecule has 48 heavy (non-hydrogen) atoms. The first-order valence-electron chi connectivity index (χ1n) is 15.0. The second kappa shape index (κ2) is 12.5. The molecule has 3 aromatic carbocycles. The molecule has 0 radical (unpaired) electrons. The molecule has 2 aliphatic heterocycles. The summed E-state index contributed by atoms with van der Waals surface area (Å²) >= 11 is 0. The minimum Gasteiger partial charge on any atom is -0.284 e. The molecule has 0 bridgehead atoms. The zero-order valence-electron chi connectivity index (χ0n) is 26.7. The van der Waals surface area contributed by atoms with Crippen molar-refractivity contribution < 1.29 is 40.6 Å². The maximum atomic E-state index is 12.0. The number of nitro groups is 1. The normalized spacial score (nSPS) is 17.9. The molecular formula is C34H36N3O9S2+. The van der Waals surface area contributed by atoms with Crippen LogP contribution in [0.25, 0.3) is 0 Å². The first kappa shape index (κ1) is 34.9. The molecule has 2 aliphatic rings. The largest absolute Gasteiger partial charge is 0.294 e. The number of hydroxylamine groups is 1. The van der Waals surface area contributed by atoms with Crippen LogP contribution in [-0.2, 0) is 37.5 Å². The summed E-state index contributed by atoms with van der Waals surface area (Å²) in [5.74, 6) is 0. The number of rotatable bonds is 10. The molecular weight excluding hydrogens is 659 g/mol. The van der Waals surface area contributed by atoms with Crippen LogP contribution in [0.5, 0.6) is 0 Å². The Morgan fingerprint density at radius 3 is 2.04 bits per heavy atom. The zero-order chi connectivity index (χ0) is 35.2. The molecule has 14 heteroatoms. The Morgan fingerprint density at radius 1 is 0.833 bits per heavy atom. The van der Waals surface area contributed by atoms with E-state index in [-0.39, 0.29) is 15.5 Å². The lowest BCUT2D eigenvalue weighted by Gasteiger charge is -2.22. The van der Waals surface area contributed by atoms with Crippen LogP contribution >= 0.6 is 0 Å². The van der Waals surface area contributed by atoms with Crippen molar-refractivity contribution in [3.8, 4) is 0 Å². The Labute approximate surface area is 279 Å². The van der Waals surface area contributed by atoms with Crippen LogP contribution in [0, 0.1) is 10.1 Å². The summed E-state index contributed by atoms with van der Waals surface area (Å²) in [6.07, 6.45) is 10.3. The number of anilines is 1. The van der Waals surface area contributed by atoms with E-state index in [1.807, 2.05) is 39.8 Å². The molecule has 0 saturated carbocycles. The first-order chi connectivity index (χ1) is 22.3. The fraction of sp³-hybridized carbons (Fsp3) is 0.265. The zero-order valence-corrected chi connectivity index (χ0v) is 28.4. The van der Waals surface area contributed by atoms with Gasteiger partial charge in [0.25, 0.3) is 25.9 Å². The van der Waals surface area contributed by atoms with Gasteiger partial charge in [-0.3, -0.25) is 24.4 Å². The number of fused-ring (bicyclic) bond motifs is 2. The van der Waals surface area contributed by atoms with E-state index < -0.39 is 36.0 Å². The highest BCUT2D eigenvalue weighted by atomic mass is 32.2. The second-order valence-corrected chi connectivity index (χ2v) is 15.6. The van der Waals surface area contributed by atoms with Crippen molar-refractivity contribution in [1.82, 2.24) is 0 Å². The number of hydrogen-bond donors (Lipinski definition) is 3. The Bertz CT molecular complexity index is 2150. The van der Waals surface area contributed by atoms with E-state index in [4.69, 9.17) is 0 Å². The summed E-state index contributed by atoms with van der Waals surface area (Å²) in [6.45, 7) is 8.14. The molecule has 0 aliphatic carbocycles. The van der Waals surface area contributed by atoms with Crippen molar-refractivity contribution >= 4 is 43.0 Å². The smallest absolute Gasteiger partial charge is 0.284 e. The van der Waals surface area contributed by atoms with Gasteiger partial charge in [-0.05, 0) is 67.8 Å². The maximum Gasteiger partial charge on any atom is 0.294 e. The molecule has 252 valence electrons. The molecule has 0 fully saturated rings. The van der Waals surface area contributed by atoms with Crippen LogP contribution in [0.3, 0.4) is 0 Å². The highest BCUT2D eigenvalue weighted by Gasteiger charge is 2.45.